The van der Waals surface area contributed by atoms with Crippen molar-refractivity contribution in [1.29, 1.82) is 0 Å². The Morgan fingerprint density at radius 1 is 1.27 bits per heavy atom. The van der Waals surface area contributed by atoms with Gasteiger partial charge in [-0.25, -0.2) is 9.38 Å². The summed E-state index contributed by atoms with van der Waals surface area (Å²) in [6, 6.07) is 14.0. The normalized spacial score (nSPS) is 17.8. The zero-order valence-corrected chi connectivity index (χ0v) is 17.1. The number of esters is 1. The molecule has 154 valence electrons. The van der Waals surface area contributed by atoms with E-state index in [9.17, 15) is 14.0 Å². The van der Waals surface area contributed by atoms with Gasteiger partial charge in [-0.2, -0.15) is 0 Å². The van der Waals surface area contributed by atoms with Crippen molar-refractivity contribution in [2.45, 2.75) is 18.1 Å². The molecular formula is C22H20FN3O3S. The van der Waals surface area contributed by atoms with E-state index in [1.165, 1.54) is 31.0 Å². The second-order valence-corrected chi connectivity index (χ2v) is 8.03. The predicted molar refractivity (Wildman–Crippen MR) is 115 cm³/mol. The predicted octanol–water partition coefficient (Wildman–Crippen LogP) is 4.04. The third kappa shape index (κ3) is 4.23. The van der Waals surface area contributed by atoms with Gasteiger partial charge < -0.3 is 9.72 Å². The van der Waals surface area contributed by atoms with Gasteiger partial charge in [0.15, 0.2) is 5.17 Å². The van der Waals surface area contributed by atoms with Gasteiger partial charge in [-0.05, 0) is 42.3 Å². The molecule has 1 N–H and O–H groups in total. The number of benzene rings is 2. The fraction of sp³-hybridized carbons (Fsp3) is 0.227. The van der Waals surface area contributed by atoms with Crippen molar-refractivity contribution in [3.63, 3.8) is 0 Å². The number of aromatic amines is 1. The van der Waals surface area contributed by atoms with E-state index in [0.29, 0.717) is 23.6 Å². The molecule has 1 aromatic heterocycles. The topological polar surface area (TPSA) is 74.8 Å². The van der Waals surface area contributed by atoms with Crippen molar-refractivity contribution < 1.29 is 18.7 Å². The van der Waals surface area contributed by atoms with Gasteiger partial charge in [0.2, 0.25) is 5.91 Å². The number of aliphatic imine (C=N–C) groups is 1. The molecule has 0 saturated carbocycles. The lowest BCUT2D eigenvalue weighted by Crippen LogP contribution is -2.34. The average Bonchev–Trinajstić information content (AvgIpc) is 3.27. The molecule has 2 heterocycles. The van der Waals surface area contributed by atoms with Crippen molar-refractivity contribution >= 4 is 45.4 Å². The second kappa shape index (κ2) is 8.71. The van der Waals surface area contributed by atoms with Crippen LogP contribution in [0.3, 0.4) is 0 Å². The zero-order chi connectivity index (χ0) is 21.1. The molecule has 0 radical (unpaired) electrons. The van der Waals surface area contributed by atoms with Gasteiger partial charge in [0, 0.05) is 23.6 Å². The first kappa shape index (κ1) is 20.2. The number of carbonyl (C=O) groups excluding carboxylic acids is 2. The maximum atomic E-state index is 13.4. The molecule has 0 aliphatic carbocycles. The highest BCUT2D eigenvalue weighted by Gasteiger charge is 2.39. The number of carbonyl (C=O) groups is 2. The molecule has 3 aromatic rings. The van der Waals surface area contributed by atoms with E-state index in [1.54, 1.807) is 11.0 Å². The number of halogens is 1. The maximum Gasteiger partial charge on any atom is 0.307 e. The van der Waals surface area contributed by atoms with Gasteiger partial charge in [-0.3, -0.25) is 14.5 Å². The van der Waals surface area contributed by atoms with Crippen LogP contribution < -0.4 is 0 Å². The Morgan fingerprint density at radius 2 is 2.07 bits per heavy atom. The van der Waals surface area contributed by atoms with Gasteiger partial charge in [0.25, 0.3) is 0 Å². The van der Waals surface area contributed by atoms with Gasteiger partial charge in [0.05, 0.1) is 19.2 Å². The molecule has 1 fully saturated rings. The van der Waals surface area contributed by atoms with Crippen LogP contribution in [0.4, 0.5) is 10.1 Å². The molecule has 6 nitrogen and oxygen atoms in total. The Balaban J connectivity index is 1.57. The Bertz CT molecular complexity index is 1110. The zero-order valence-electron chi connectivity index (χ0n) is 16.3. The van der Waals surface area contributed by atoms with Crippen LogP contribution >= 0.6 is 11.8 Å². The fourth-order valence-electron chi connectivity index (χ4n) is 3.38. The maximum absolute atomic E-state index is 13.4. The summed E-state index contributed by atoms with van der Waals surface area (Å²) < 4.78 is 18.2. The first-order valence-corrected chi connectivity index (χ1v) is 10.4. The molecule has 4 rings (SSSR count). The van der Waals surface area contributed by atoms with E-state index in [4.69, 9.17) is 4.74 Å². The number of thioether (sulfide) groups is 1. The summed E-state index contributed by atoms with van der Waals surface area (Å²) in [6.45, 7) is 0.402. The number of aromatic nitrogens is 1. The average molecular weight is 425 g/mol. The van der Waals surface area contributed by atoms with Crippen molar-refractivity contribution in [1.82, 2.24) is 9.88 Å². The molecule has 2 aromatic carbocycles. The summed E-state index contributed by atoms with van der Waals surface area (Å²) in [5.74, 6) is -0.892. The summed E-state index contributed by atoms with van der Waals surface area (Å²) in [6.07, 6.45) is 2.39. The Morgan fingerprint density at radius 3 is 2.83 bits per heavy atom. The number of fused-ring (bicyclic) bond motifs is 1. The quantitative estimate of drug-likeness (QED) is 0.605. The lowest BCUT2D eigenvalue weighted by atomic mass is 10.1. The molecule has 0 bridgehead atoms. The highest BCUT2D eigenvalue weighted by molar-refractivity contribution is 8.15. The second-order valence-electron chi connectivity index (χ2n) is 6.86. The first-order chi connectivity index (χ1) is 14.5. The molecule has 1 atom stereocenters. The number of hydrogen-bond acceptors (Lipinski definition) is 5. The number of amides is 1. The van der Waals surface area contributed by atoms with Crippen LogP contribution in [0.25, 0.3) is 10.9 Å². The number of nitrogens with one attached hydrogen (secondary N) is 1. The molecule has 1 aliphatic rings. The monoisotopic (exact) mass is 425 g/mol. The van der Waals surface area contributed by atoms with E-state index in [-0.39, 0.29) is 18.1 Å². The minimum absolute atomic E-state index is 0.00330. The van der Waals surface area contributed by atoms with Gasteiger partial charge in [-0.1, -0.05) is 30.0 Å². The first-order valence-electron chi connectivity index (χ1n) is 9.49. The van der Waals surface area contributed by atoms with Crippen LogP contribution in [0, 0.1) is 5.82 Å². The number of ether oxygens (including phenoxy) is 1. The molecule has 8 heteroatoms. The molecular weight excluding hydrogens is 405 g/mol. The minimum Gasteiger partial charge on any atom is -0.469 e. The Kier molecular flexibility index (Phi) is 5.85. The van der Waals surface area contributed by atoms with Crippen molar-refractivity contribution in [2.75, 3.05) is 13.7 Å². The van der Waals surface area contributed by atoms with E-state index in [2.05, 4.69) is 9.98 Å². The minimum atomic E-state index is -0.558. The summed E-state index contributed by atoms with van der Waals surface area (Å²) in [7, 11) is 1.31. The molecule has 0 unspecified atom stereocenters. The SMILES string of the molecule is COC(=O)C[C@H]1SC(=Nc2ccccc2)N(CCc2c[nH]c3cc(F)ccc23)C1=O. The number of nitrogens with zero attached hydrogens (tertiary/aromatic N) is 2. The van der Waals surface area contributed by atoms with E-state index in [0.717, 1.165) is 16.6 Å². The number of para-hydroxylation sites is 1. The van der Waals surface area contributed by atoms with E-state index < -0.39 is 11.2 Å². The van der Waals surface area contributed by atoms with Crippen molar-refractivity contribution in [2.24, 2.45) is 4.99 Å². The summed E-state index contributed by atoms with van der Waals surface area (Å²) >= 11 is 1.28. The van der Waals surface area contributed by atoms with Gasteiger partial charge >= 0.3 is 5.97 Å². The Hall–Kier alpha value is -3.13. The number of rotatable bonds is 6. The highest BCUT2D eigenvalue weighted by Crippen LogP contribution is 2.32. The number of hydrogen-bond donors (Lipinski definition) is 1. The standard InChI is InChI=1S/C22H20FN3O3S/c1-29-20(27)12-19-21(28)26(22(30-19)25-16-5-3-2-4-6-16)10-9-14-13-24-18-11-15(23)7-8-17(14)18/h2-8,11,13,19,24H,9-10,12H2,1H3/t19-/m1/s1. The van der Waals surface area contributed by atoms with Crippen LogP contribution in [0.1, 0.15) is 12.0 Å². The third-order valence-corrected chi connectivity index (χ3v) is 6.09. The van der Waals surface area contributed by atoms with Gasteiger partial charge in [-0.15, -0.1) is 0 Å². The highest BCUT2D eigenvalue weighted by atomic mass is 32.2. The van der Waals surface area contributed by atoms with E-state index >= 15 is 0 Å². The van der Waals surface area contributed by atoms with Crippen molar-refractivity contribution in [3.8, 4) is 0 Å². The van der Waals surface area contributed by atoms with Crippen LogP contribution in [-0.4, -0.2) is 45.8 Å². The molecule has 30 heavy (non-hydrogen) atoms. The molecule has 0 spiro atoms. The largest absolute Gasteiger partial charge is 0.469 e. The van der Waals surface area contributed by atoms with Crippen LogP contribution in [0.5, 0.6) is 0 Å². The fourth-order valence-corrected chi connectivity index (χ4v) is 4.54. The number of methoxy groups -OCH3 is 1. The molecule has 1 saturated heterocycles. The lowest BCUT2D eigenvalue weighted by molar-refractivity contribution is -0.142. The Labute approximate surface area is 177 Å². The summed E-state index contributed by atoms with van der Waals surface area (Å²) in [5, 5.41) is 0.923. The van der Waals surface area contributed by atoms with Crippen LogP contribution in [0.15, 0.2) is 59.7 Å². The van der Waals surface area contributed by atoms with Gasteiger partial charge in [0.1, 0.15) is 11.1 Å². The van der Waals surface area contributed by atoms with Crippen LogP contribution in [-0.2, 0) is 20.7 Å². The smallest absolute Gasteiger partial charge is 0.307 e. The third-order valence-electron chi connectivity index (χ3n) is 4.91. The number of H-pyrrole nitrogens is 1. The molecule has 1 amide bonds. The lowest BCUT2D eigenvalue weighted by Gasteiger charge is -2.16. The van der Waals surface area contributed by atoms with Crippen LogP contribution in [0.2, 0.25) is 0 Å². The van der Waals surface area contributed by atoms with Crippen molar-refractivity contribution in [3.05, 3.63) is 66.1 Å². The van der Waals surface area contributed by atoms with E-state index in [1.807, 2.05) is 36.5 Å². The molecule has 1 aliphatic heterocycles. The number of amidine groups is 1. The summed E-state index contributed by atoms with van der Waals surface area (Å²) in [4.78, 5) is 34.0. The summed E-state index contributed by atoms with van der Waals surface area (Å²) in [5.41, 5.74) is 2.44.